The van der Waals surface area contributed by atoms with Crippen LogP contribution >= 0.6 is 0 Å². The maximum absolute atomic E-state index is 12.4. The van der Waals surface area contributed by atoms with Gasteiger partial charge in [-0.3, -0.25) is 4.79 Å². The zero-order chi connectivity index (χ0) is 19.5. The fraction of sp³-hybridized carbons (Fsp3) is 0.273. The molecule has 1 amide bonds. The van der Waals surface area contributed by atoms with Gasteiger partial charge < -0.3 is 19.4 Å². The second-order valence-corrected chi connectivity index (χ2v) is 6.95. The first-order chi connectivity index (χ1) is 13.6. The molecular formula is C22H22N2O4. The highest BCUT2D eigenvalue weighted by molar-refractivity contribution is 5.95. The lowest BCUT2D eigenvalue weighted by atomic mass is 10.1. The molecule has 1 aliphatic heterocycles. The van der Waals surface area contributed by atoms with Gasteiger partial charge in [0.05, 0.1) is 11.4 Å². The number of hydrogen-bond acceptors (Lipinski definition) is 5. The van der Waals surface area contributed by atoms with E-state index >= 15 is 0 Å². The highest BCUT2D eigenvalue weighted by Crippen LogP contribution is 2.28. The van der Waals surface area contributed by atoms with Crippen molar-refractivity contribution in [1.29, 1.82) is 0 Å². The van der Waals surface area contributed by atoms with Crippen LogP contribution in [0.4, 0.5) is 11.4 Å². The summed E-state index contributed by atoms with van der Waals surface area (Å²) in [6.07, 6.45) is 2.34. The van der Waals surface area contributed by atoms with Crippen LogP contribution < -0.4 is 20.6 Å². The van der Waals surface area contributed by atoms with Crippen molar-refractivity contribution in [2.75, 3.05) is 29.9 Å². The number of aryl methyl sites for hydroxylation is 1. The summed E-state index contributed by atoms with van der Waals surface area (Å²) in [5.74, 6) is 0.238. The maximum Gasteiger partial charge on any atom is 0.336 e. The Morgan fingerprint density at radius 1 is 1.14 bits per heavy atom. The molecule has 6 nitrogen and oxygen atoms in total. The van der Waals surface area contributed by atoms with Crippen molar-refractivity contribution < 1.29 is 13.9 Å². The summed E-state index contributed by atoms with van der Waals surface area (Å²) in [6, 6.07) is 14.5. The van der Waals surface area contributed by atoms with Crippen LogP contribution in [0.3, 0.4) is 0 Å². The highest BCUT2D eigenvalue weighted by atomic mass is 16.5. The zero-order valence-electron chi connectivity index (χ0n) is 15.7. The van der Waals surface area contributed by atoms with E-state index in [0.29, 0.717) is 11.3 Å². The van der Waals surface area contributed by atoms with Gasteiger partial charge in [0.15, 0.2) is 6.61 Å². The molecule has 28 heavy (non-hydrogen) atoms. The van der Waals surface area contributed by atoms with Crippen LogP contribution in [0.15, 0.2) is 57.7 Å². The third kappa shape index (κ3) is 3.86. The van der Waals surface area contributed by atoms with E-state index in [9.17, 15) is 9.59 Å². The highest BCUT2D eigenvalue weighted by Gasteiger charge is 2.16. The minimum atomic E-state index is -0.404. The Bertz CT molecular complexity index is 1070. The van der Waals surface area contributed by atoms with Crippen LogP contribution in [0.25, 0.3) is 11.0 Å². The molecule has 1 aliphatic rings. The fourth-order valence-electron chi connectivity index (χ4n) is 3.54. The number of ether oxygens (including phenoxy) is 1. The van der Waals surface area contributed by atoms with Gasteiger partial charge in [-0.2, -0.15) is 0 Å². The molecule has 1 fully saturated rings. The molecule has 4 rings (SSSR count). The van der Waals surface area contributed by atoms with E-state index in [1.165, 1.54) is 18.9 Å². The van der Waals surface area contributed by atoms with Crippen molar-refractivity contribution >= 4 is 28.3 Å². The maximum atomic E-state index is 12.4. The first-order valence-corrected chi connectivity index (χ1v) is 9.41. The number of nitrogens with one attached hydrogen (secondary N) is 1. The molecule has 0 radical (unpaired) electrons. The van der Waals surface area contributed by atoms with Crippen molar-refractivity contribution in [1.82, 2.24) is 0 Å². The number of hydrogen-bond donors (Lipinski definition) is 1. The molecule has 0 bridgehead atoms. The predicted octanol–water partition coefficient (Wildman–Crippen LogP) is 3.72. The van der Waals surface area contributed by atoms with Gasteiger partial charge in [-0.1, -0.05) is 12.1 Å². The molecule has 2 aromatic carbocycles. The number of anilines is 2. The molecule has 0 aliphatic carbocycles. The average Bonchev–Trinajstić information content (AvgIpc) is 3.21. The third-order valence-electron chi connectivity index (χ3n) is 4.92. The van der Waals surface area contributed by atoms with E-state index in [4.69, 9.17) is 9.15 Å². The van der Waals surface area contributed by atoms with Crippen molar-refractivity contribution in [3.05, 3.63) is 64.5 Å². The normalized spacial score (nSPS) is 13.7. The van der Waals surface area contributed by atoms with Crippen LogP contribution in [0.2, 0.25) is 0 Å². The van der Waals surface area contributed by atoms with E-state index in [1.807, 2.05) is 37.3 Å². The topological polar surface area (TPSA) is 71.8 Å². The second kappa shape index (κ2) is 7.76. The molecule has 0 unspecified atom stereocenters. The zero-order valence-corrected chi connectivity index (χ0v) is 15.7. The molecule has 1 N–H and O–H groups in total. The fourth-order valence-corrected chi connectivity index (χ4v) is 3.54. The van der Waals surface area contributed by atoms with E-state index in [0.717, 1.165) is 35.4 Å². The van der Waals surface area contributed by atoms with Crippen molar-refractivity contribution in [3.8, 4) is 5.75 Å². The third-order valence-corrected chi connectivity index (χ3v) is 4.92. The molecule has 0 atom stereocenters. The van der Waals surface area contributed by atoms with E-state index in [2.05, 4.69) is 10.2 Å². The molecule has 1 saturated heterocycles. The number of carbonyl (C=O) groups excluding carboxylic acids is 1. The summed E-state index contributed by atoms with van der Waals surface area (Å²) in [5.41, 5.74) is 2.71. The number of amides is 1. The number of fused-ring (bicyclic) bond motifs is 1. The number of nitrogens with zero attached hydrogens (tertiary/aromatic N) is 1. The lowest BCUT2D eigenvalue weighted by Gasteiger charge is -2.21. The van der Waals surface area contributed by atoms with Crippen LogP contribution in [0, 0.1) is 6.92 Å². The van der Waals surface area contributed by atoms with Gasteiger partial charge in [0.1, 0.15) is 11.3 Å². The molecule has 0 spiro atoms. The summed E-state index contributed by atoms with van der Waals surface area (Å²) >= 11 is 0. The van der Waals surface area contributed by atoms with Crippen molar-refractivity contribution in [2.24, 2.45) is 0 Å². The Kier molecular flexibility index (Phi) is 5.02. The van der Waals surface area contributed by atoms with Gasteiger partial charge in [0.2, 0.25) is 0 Å². The van der Waals surface area contributed by atoms with Crippen LogP contribution in [-0.2, 0) is 4.79 Å². The minimum absolute atomic E-state index is 0.129. The molecular weight excluding hydrogens is 356 g/mol. The van der Waals surface area contributed by atoms with Gasteiger partial charge in [-0.15, -0.1) is 0 Å². The molecule has 3 aromatic rings. The quantitative estimate of drug-likeness (QED) is 0.685. The first kappa shape index (κ1) is 18.1. The largest absolute Gasteiger partial charge is 0.484 e. The minimum Gasteiger partial charge on any atom is -0.484 e. The standard InChI is InChI=1S/C22H22N2O4/c1-15-12-22(26)28-20-13-16(8-9-17(15)20)27-14-21(25)23-18-6-2-3-7-19(18)24-10-4-5-11-24/h2-3,6-9,12-13H,4-5,10-11,14H2,1H3,(H,23,25). The van der Waals surface area contributed by atoms with Crippen LogP contribution in [0.1, 0.15) is 18.4 Å². The molecule has 144 valence electrons. The summed E-state index contributed by atoms with van der Waals surface area (Å²) < 4.78 is 10.8. The lowest BCUT2D eigenvalue weighted by Crippen LogP contribution is -2.24. The lowest BCUT2D eigenvalue weighted by molar-refractivity contribution is -0.118. The molecule has 2 heterocycles. The number of rotatable bonds is 5. The predicted molar refractivity (Wildman–Crippen MR) is 109 cm³/mol. The van der Waals surface area contributed by atoms with Gasteiger partial charge in [0, 0.05) is 30.6 Å². The Balaban J connectivity index is 1.44. The molecule has 0 saturated carbocycles. The van der Waals surface area contributed by atoms with E-state index in [-0.39, 0.29) is 12.5 Å². The van der Waals surface area contributed by atoms with Crippen molar-refractivity contribution in [3.63, 3.8) is 0 Å². The van der Waals surface area contributed by atoms with Crippen molar-refractivity contribution in [2.45, 2.75) is 19.8 Å². The Morgan fingerprint density at radius 3 is 2.75 bits per heavy atom. The molecule has 6 heteroatoms. The summed E-state index contributed by atoms with van der Waals surface area (Å²) in [5, 5.41) is 3.78. The van der Waals surface area contributed by atoms with Gasteiger partial charge in [0.25, 0.3) is 5.91 Å². The number of para-hydroxylation sites is 2. The van der Waals surface area contributed by atoms with Gasteiger partial charge >= 0.3 is 5.63 Å². The average molecular weight is 378 g/mol. The first-order valence-electron chi connectivity index (χ1n) is 9.41. The SMILES string of the molecule is Cc1cc(=O)oc2cc(OCC(=O)Nc3ccccc3N3CCCC3)ccc12. The van der Waals surface area contributed by atoms with E-state index in [1.54, 1.807) is 12.1 Å². The molecule has 1 aromatic heterocycles. The summed E-state index contributed by atoms with van der Waals surface area (Å²) in [4.78, 5) is 26.2. The smallest absolute Gasteiger partial charge is 0.336 e. The van der Waals surface area contributed by atoms with Gasteiger partial charge in [-0.25, -0.2) is 4.79 Å². The van der Waals surface area contributed by atoms with E-state index < -0.39 is 5.63 Å². The summed E-state index contributed by atoms with van der Waals surface area (Å²) in [6.45, 7) is 3.73. The van der Waals surface area contributed by atoms with Crippen LogP contribution in [0.5, 0.6) is 5.75 Å². The Labute approximate surface area is 162 Å². The number of benzene rings is 2. The van der Waals surface area contributed by atoms with Crippen LogP contribution in [-0.4, -0.2) is 25.6 Å². The monoisotopic (exact) mass is 378 g/mol. The number of carbonyl (C=O) groups is 1. The second-order valence-electron chi connectivity index (χ2n) is 6.95. The Morgan fingerprint density at radius 2 is 1.93 bits per heavy atom. The summed E-state index contributed by atoms with van der Waals surface area (Å²) in [7, 11) is 0. The Hall–Kier alpha value is -3.28. The van der Waals surface area contributed by atoms with Gasteiger partial charge in [-0.05, 0) is 49.6 Å².